The molecule has 3 heteroatoms. The SMILES string of the molecule is CCSCCCC(CNC(C)(C)C)c1cccc(Br)c1. The highest BCUT2D eigenvalue weighted by atomic mass is 79.9. The predicted molar refractivity (Wildman–Crippen MR) is 96.9 cm³/mol. The van der Waals surface area contributed by atoms with E-state index in [9.17, 15) is 0 Å². The third-order valence-corrected chi connectivity index (χ3v) is 4.72. The van der Waals surface area contributed by atoms with E-state index in [1.807, 2.05) is 11.8 Å². The van der Waals surface area contributed by atoms with E-state index in [1.54, 1.807) is 0 Å². The van der Waals surface area contributed by atoms with Gasteiger partial charge in [0, 0.05) is 16.6 Å². The normalized spacial score (nSPS) is 13.4. The number of halogens is 1. The largest absolute Gasteiger partial charge is 0.311 e. The molecule has 0 heterocycles. The molecule has 0 saturated carbocycles. The summed E-state index contributed by atoms with van der Waals surface area (Å²) in [7, 11) is 0. The molecule has 20 heavy (non-hydrogen) atoms. The van der Waals surface area contributed by atoms with E-state index in [2.05, 4.69) is 73.2 Å². The van der Waals surface area contributed by atoms with Crippen LogP contribution in [0.25, 0.3) is 0 Å². The van der Waals surface area contributed by atoms with Crippen LogP contribution in [0.5, 0.6) is 0 Å². The van der Waals surface area contributed by atoms with E-state index in [0.29, 0.717) is 5.92 Å². The molecular weight excluding hydrogens is 330 g/mol. The summed E-state index contributed by atoms with van der Waals surface area (Å²) in [6.07, 6.45) is 2.55. The van der Waals surface area contributed by atoms with Gasteiger partial charge < -0.3 is 5.32 Å². The van der Waals surface area contributed by atoms with Crippen molar-refractivity contribution in [2.24, 2.45) is 0 Å². The van der Waals surface area contributed by atoms with Gasteiger partial charge in [-0.05, 0) is 68.7 Å². The van der Waals surface area contributed by atoms with Crippen molar-refractivity contribution in [3.05, 3.63) is 34.3 Å². The monoisotopic (exact) mass is 357 g/mol. The highest BCUT2D eigenvalue weighted by Gasteiger charge is 2.16. The third kappa shape index (κ3) is 7.70. The first-order valence-electron chi connectivity index (χ1n) is 7.50. The highest BCUT2D eigenvalue weighted by Crippen LogP contribution is 2.25. The molecule has 1 unspecified atom stereocenters. The van der Waals surface area contributed by atoms with Gasteiger partial charge in [0.15, 0.2) is 0 Å². The number of hydrogen-bond acceptors (Lipinski definition) is 2. The lowest BCUT2D eigenvalue weighted by Gasteiger charge is -2.26. The Morgan fingerprint density at radius 3 is 2.65 bits per heavy atom. The Morgan fingerprint density at radius 2 is 2.05 bits per heavy atom. The molecule has 0 aromatic heterocycles. The molecule has 0 radical (unpaired) electrons. The van der Waals surface area contributed by atoms with Crippen molar-refractivity contribution in [3.63, 3.8) is 0 Å². The van der Waals surface area contributed by atoms with E-state index in [1.165, 1.54) is 34.4 Å². The first-order valence-corrected chi connectivity index (χ1v) is 9.45. The molecule has 1 aromatic carbocycles. The molecule has 114 valence electrons. The van der Waals surface area contributed by atoms with Gasteiger partial charge in [0.05, 0.1) is 0 Å². The van der Waals surface area contributed by atoms with Crippen molar-refractivity contribution in [3.8, 4) is 0 Å². The summed E-state index contributed by atoms with van der Waals surface area (Å²) in [6.45, 7) is 9.99. The van der Waals surface area contributed by atoms with Crippen molar-refractivity contribution in [1.29, 1.82) is 0 Å². The minimum Gasteiger partial charge on any atom is -0.311 e. The maximum Gasteiger partial charge on any atom is 0.0178 e. The van der Waals surface area contributed by atoms with Crippen LogP contribution in [-0.2, 0) is 0 Å². The van der Waals surface area contributed by atoms with Gasteiger partial charge in [-0.1, -0.05) is 35.0 Å². The lowest BCUT2D eigenvalue weighted by Crippen LogP contribution is -2.38. The van der Waals surface area contributed by atoms with Crippen LogP contribution in [0.15, 0.2) is 28.7 Å². The summed E-state index contributed by atoms with van der Waals surface area (Å²) in [5.74, 6) is 3.10. The van der Waals surface area contributed by atoms with Gasteiger partial charge in [0.2, 0.25) is 0 Å². The molecule has 1 aromatic rings. The molecule has 0 aliphatic rings. The van der Waals surface area contributed by atoms with Crippen LogP contribution in [0, 0.1) is 0 Å². The lowest BCUT2D eigenvalue weighted by molar-refractivity contribution is 0.398. The zero-order valence-corrected chi connectivity index (χ0v) is 15.6. The molecule has 0 aliphatic heterocycles. The summed E-state index contributed by atoms with van der Waals surface area (Å²) in [5.41, 5.74) is 1.63. The fourth-order valence-corrected chi connectivity index (χ4v) is 3.23. The van der Waals surface area contributed by atoms with Crippen LogP contribution in [0.2, 0.25) is 0 Å². The van der Waals surface area contributed by atoms with Gasteiger partial charge in [-0.15, -0.1) is 0 Å². The predicted octanol–water partition coefficient (Wildman–Crippen LogP) is 5.45. The average Bonchev–Trinajstić information content (AvgIpc) is 2.36. The Bertz CT molecular complexity index is 387. The maximum absolute atomic E-state index is 3.66. The second kappa shape index (κ2) is 9.11. The first kappa shape index (κ1) is 18.1. The topological polar surface area (TPSA) is 12.0 Å². The van der Waals surface area contributed by atoms with Gasteiger partial charge in [-0.3, -0.25) is 0 Å². The zero-order valence-electron chi connectivity index (χ0n) is 13.2. The van der Waals surface area contributed by atoms with Crippen LogP contribution in [0.3, 0.4) is 0 Å². The smallest absolute Gasteiger partial charge is 0.0178 e. The van der Waals surface area contributed by atoms with Gasteiger partial charge in [-0.25, -0.2) is 0 Å². The van der Waals surface area contributed by atoms with Crippen LogP contribution < -0.4 is 5.32 Å². The van der Waals surface area contributed by atoms with Crippen LogP contribution in [0.1, 0.15) is 52.0 Å². The molecule has 0 saturated heterocycles. The lowest BCUT2D eigenvalue weighted by atomic mass is 9.93. The molecule has 0 aliphatic carbocycles. The van der Waals surface area contributed by atoms with Gasteiger partial charge in [0.25, 0.3) is 0 Å². The number of benzene rings is 1. The van der Waals surface area contributed by atoms with E-state index in [4.69, 9.17) is 0 Å². The van der Waals surface area contributed by atoms with E-state index in [-0.39, 0.29) is 5.54 Å². The second-order valence-corrected chi connectivity index (χ2v) is 8.53. The Hall–Kier alpha value is 0.01000. The number of thioether (sulfide) groups is 1. The molecule has 1 atom stereocenters. The van der Waals surface area contributed by atoms with Gasteiger partial charge in [0.1, 0.15) is 0 Å². The van der Waals surface area contributed by atoms with Crippen molar-refractivity contribution in [2.45, 2.75) is 52.0 Å². The minimum absolute atomic E-state index is 0.183. The fourth-order valence-electron chi connectivity index (χ4n) is 2.15. The van der Waals surface area contributed by atoms with Gasteiger partial charge in [-0.2, -0.15) is 11.8 Å². The molecule has 0 amide bonds. The number of nitrogens with one attached hydrogen (secondary N) is 1. The number of rotatable bonds is 8. The summed E-state index contributed by atoms with van der Waals surface area (Å²) in [5, 5.41) is 3.66. The highest BCUT2D eigenvalue weighted by molar-refractivity contribution is 9.10. The molecule has 0 fully saturated rings. The van der Waals surface area contributed by atoms with E-state index < -0.39 is 0 Å². The van der Waals surface area contributed by atoms with Crippen LogP contribution in [0.4, 0.5) is 0 Å². The molecule has 0 bridgehead atoms. The fraction of sp³-hybridized carbons (Fsp3) is 0.647. The van der Waals surface area contributed by atoms with Crippen LogP contribution >= 0.6 is 27.7 Å². The molecule has 0 spiro atoms. The Labute approximate surface area is 137 Å². The summed E-state index contributed by atoms with van der Waals surface area (Å²) >= 11 is 5.63. The average molecular weight is 358 g/mol. The van der Waals surface area contributed by atoms with Crippen molar-refractivity contribution >= 4 is 27.7 Å². The van der Waals surface area contributed by atoms with Crippen molar-refractivity contribution in [2.75, 3.05) is 18.1 Å². The van der Waals surface area contributed by atoms with Crippen molar-refractivity contribution in [1.82, 2.24) is 5.32 Å². The summed E-state index contributed by atoms with van der Waals surface area (Å²) in [4.78, 5) is 0. The quantitative estimate of drug-likeness (QED) is 0.620. The Kier molecular flexibility index (Phi) is 8.23. The standard InChI is InChI=1S/C17H28BrNS/c1-5-20-11-7-9-15(13-19-17(2,3)4)14-8-6-10-16(18)12-14/h6,8,10,12,15,19H,5,7,9,11,13H2,1-4H3. The zero-order chi connectivity index (χ0) is 15.0. The van der Waals surface area contributed by atoms with Crippen molar-refractivity contribution < 1.29 is 0 Å². The molecule has 1 nitrogen and oxygen atoms in total. The van der Waals surface area contributed by atoms with E-state index >= 15 is 0 Å². The van der Waals surface area contributed by atoms with Crippen LogP contribution in [-0.4, -0.2) is 23.6 Å². The van der Waals surface area contributed by atoms with E-state index in [0.717, 1.165) is 6.54 Å². The Morgan fingerprint density at radius 1 is 1.30 bits per heavy atom. The second-order valence-electron chi connectivity index (χ2n) is 6.22. The minimum atomic E-state index is 0.183. The molecular formula is C17H28BrNS. The van der Waals surface area contributed by atoms with Gasteiger partial charge >= 0.3 is 0 Å². The Balaban J connectivity index is 2.63. The summed E-state index contributed by atoms with van der Waals surface area (Å²) in [6, 6.07) is 8.77. The number of hydrogen-bond donors (Lipinski definition) is 1. The molecule has 1 N–H and O–H groups in total. The maximum atomic E-state index is 3.66. The summed E-state index contributed by atoms with van der Waals surface area (Å²) < 4.78 is 1.18. The molecule has 1 rings (SSSR count). The third-order valence-electron chi connectivity index (χ3n) is 3.24. The first-order chi connectivity index (χ1) is 9.42.